The first kappa shape index (κ1) is 10.5. The number of nitrogens with zero attached hydrogens (tertiary/aromatic N) is 1. The summed E-state index contributed by atoms with van der Waals surface area (Å²) in [7, 11) is 1.79. The number of rotatable bonds is 4. The Labute approximate surface area is 94.0 Å². The van der Waals surface area contributed by atoms with E-state index in [1.165, 1.54) is 6.42 Å². The quantitative estimate of drug-likeness (QED) is 0.775. The summed E-state index contributed by atoms with van der Waals surface area (Å²) in [6, 6.07) is 1.79. The van der Waals surface area contributed by atoms with Crippen LogP contribution in [-0.4, -0.2) is 18.1 Å². The van der Waals surface area contributed by atoms with Gasteiger partial charge in [0.05, 0.1) is 5.02 Å². The standard InChI is InChI=1S/C10H14ClN3O/c1-12-14-9-5-7(11)6-13-10(9)15-8-3-2-4-8/h5-6,8,12,14H,2-4H2,1H3. The molecule has 1 saturated carbocycles. The van der Waals surface area contributed by atoms with Crippen LogP contribution in [0.25, 0.3) is 0 Å². The number of anilines is 1. The highest BCUT2D eigenvalue weighted by molar-refractivity contribution is 6.30. The third kappa shape index (κ3) is 2.52. The van der Waals surface area contributed by atoms with Crippen molar-refractivity contribution in [3.8, 4) is 5.88 Å². The molecule has 1 aromatic heterocycles. The Morgan fingerprint density at radius 1 is 1.53 bits per heavy atom. The van der Waals surface area contributed by atoms with E-state index in [9.17, 15) is 0 Å². The maximum absolute atomic E-state index is 5.85. The van der Waals surface area contributed by atoms with Crippen molar-refractivity contribution >= 4 is 17.3 Å². The van der Waals surface area contributed by atoms with E-state index < -0.39 is 0 Å². The Bertz CT molecular complexity index is 341. The van der Waals surface area contributed by atoms with Gasteiger partial charge < -0.3 is 10.2 Å². The van der Waals surface area contributed by atoms with Gasteiger partial charge in [-0.25, -0.2) is 10.4 Å². The Kier molecular flexibility index (Phi) is 3.28. The van der Waals surface area contributed by atoms with Crippen molar-refractivity contribution in [1.82, 2.24) is 10.4 Å². The minimum atomic E-state index is 0.316. The Morgan fingerprint density at radius 3 is 2.93 bits per heavy atom. The van der Waals surface area contributed by atoms with Crippen LogP contribution in [0.1, 0.15) is 19.3 Å². The summed E-state index contributed by atoms with van der Waals surface area (Å²) in [5.74, 6) is 0.610. The molecule has 0 bridgehead atoms. The van der Waals surface area contributed by atoms with Crippen molar-refractivity contribution in [2.75, 3.05) is 12.5 Å². The molecule has 1 aromatic rings. The molecule has 0 radical (unpaired) electrons. The van der Waals surface area contributed by atoms with E-state index in [4.69, 9.17) is 16.3 Å². The predicted molar refractivity (Wildman–Crippen MR) is 60.2 cm³/mol. The molecule has 2 N–H and O–H groups in total. The summed E-state index contributed by atoms with van der Waals surface area (Å²) in [6.07, 6.45) is 5.38. The van der Waals surface area contributed by atoms with Crippen molar-refractivity contribution < 1.29 is 4.74 Å². The number of halogens is 1. The van der Waals surface area contributed by atoms with Gasteiger partial charge in [-0.1, -0.05) is 11.6 Å². The number of ether oxygens (including phenoxy) is 1. The molecule has 2 rings (SSSR count). The van der Waals surface area contributed by atoms with E-state index in [2.05, 4.69) is 15.8 Å². The molecule has 0 atom stereocenters. The normalized spacial score (nSPS) is 15.9. The molecule has 1 heterocycles. The first-order chi connectivity index (χ1) is 7.29. The maximum Gasteiger partial charge on any atom is 0.239 e. The van der Waals surface area contributed by atoms with Crippen molar-refractivity contribution in [3.63, 3.8) is 0 Å². The summed E-state index contributed by atoms with van der Waals surface area (Å²) in [4.78, 5) is 4.16. The molecule has 82 valence electrons. The first-order valence-corrected chi connectivity index (χ1v) is 5.42. The van der Waals surface area contributed by atoms with Gasteiger partial charge in [-0.05, 0) is 25.3 Å². The van der Waals surface area contributed by atoms with Crippen LogP contribution >= 0.6 is 11.6 Å². The Morgan fingerprint density at radius 2 is 2.33 bits per heavy atom. The van der Waals surface area contributed by atoms with E-state index in [1.54, 1.807) is 19.3 Å². The molecular weight excluding hydrogens is 214 g/mol. The highest BCUT2D eigenvalue weighted by atomic mass is 35.5. The van der Waals surface area contributed by atoms with Gasteiger partial charge in [-0.2, -0.15) is 0 Å². The highest BCUT2D eigenvalue weighted by Gasteiger charge is 2.21. The lowest BCUT2D eigenvalue weighted by Gasteiger charge is -2.26. The Hall–Kier alpha value is -1.00. The van der Waals surface area contributed by atoms with Gasteiger partial charge in [0, 0.05) is 13.2 Å². The molecule has 1 fully saturated rings. The number of pyridine rings is 1. The number of hydrazine groups is 1. The van der Waals surface area contributed by atoms with E-state index in [0.717, 1.165) is 18.5 Å². The van der Waals surface area contributed by atoms with Crippen LogP contribution < -0.4 is 15.6 Å². The van der Waals surface area contributed by atoms with Gasteiger partial charge in [0.15, 0.2) is 0 Å². The average Bonchev–Trinajstić information content (AvgIpc) is 2.14. The minimum Gasteiger partial charge on any atom is -0.473 e. The summed E-state index contributed by atoms with van der Waals surface area (Å²) in [5, 5.41) is 0.591. The lowest BCUT2D eigenvalue weighted by Crippen LogP contribution is -2.26. The lowest BCUT2D eigenvalue weighted by atomic mass is 9.96. The van der Waals surface area contributed by atoms with Gasteiger partial charge >= 0.3 is 0 Å². The Balaban J connectivity index is 2.12. The molecule has 1 aliphatic rings. The van der Waals surface area contributed by atoms with Gasteiger partial charge in [0.1, 0.15) is 11.8 Å². The minimum absolute atomic E-state index is 0.316. The number of hydrogen-bond donors (Lipinski definition) is 2. The second-order valence-electron chi connectivity index (χ2n) is 3.55. The van der Waals surface area contributed by atoms with Crippen LogP contribution in [-0.2, 0) is 0 Å². The van der Waals surface area contributed by atoms with Crippen LogP contribution in [0.3, 0.4) is 0 Å². The smallest absolute Gasteiger partial charge is 0.239 e. The van der Waals surface area contributed by atoms with Crippen LogP contribution in [0.15, 0.2) is 12.3 Å². The summed E-state index contributed by atoms with van der Waals surface area (Å²) in [6.45, 7) is 0. The SMILES string of the molecule is CNNc1cc(Cl)cnc1OC1CCC1. The second kappa shape index (κ2) is 4.68. The first-order valence-electron chi connectivity index (χ1n) is 5.04. The van der Waals surface area contributed by atoms with Crippen LogP contribution in [0.2, 0.25) is 5.02 Å². The van der Waals surface area contributed by atoms with Gasteiger partial charge in [-0.15, -0.1) is 0 Å². The average molecular weight is 228 g/mol. The molecular formula is C10H14ClN3O. The van der Waals surface area contributed by atoms with Crippen LogP contribution in [0, 0.1) is 0 Å². The molecule has 1 aliphatic carbocycles. The fourth-order valence-corrected chi connectivity index (χ4v) is 1.55. The van der Waals surface area contributed by atoms with Crippen molar-refractivity contribution in [1.29, 1.82) is 0 Å². The zero-order valence-corrected chi connectivity index (χ0v) is 9.34. The zero-order valence-electron chi connectivity index (χ0n) is 8.59. The van der Waals surface area contributed by atoms with E-state index in [-0.39, 0.29) is 0 Å². The molecule has 0 aliphatic heterocycles. The van der Waals surface area contributed by atoms with Gasteiger partial charge in [0.25, 0.3) is 0 Å². The van der Waals surface area contributed by atoms with E-state index >= 15 is 0 Å². The summed E-state index contributed by atoms with van der Waals surface area (Å²) in [5.41, 5.74) is 6.56. The molecule has 0 unspecified atom stereocenters. The van der Waals surface area contributed by atoms with Gasteiger partial charge in [0.2, 0.25) is 5.88 Å². The van der Waals surface area contributed by atoms with Crippen molar-refractivity contribution in [3.05, 3.63) is 17.3 Å². The lowest BCUT2D eigenvalue weighted by molar-refractivity contribution is 0.115. The third-order valence-electron chi connectivity index (χ3n) is 2.41. The van der Waals surface area contributed by atoms with Crippen LogP contribution in [0.5, 0.6) is 5.88 Å². The third-order valence-corrected chi connectivity index (χ3v) is 2.61. The van der Waals surface area contributed by atoms with E-state index in [0.29, 0.717) is 17.0 Å². The second-order valence-corrected chi connectivity index (χ2v) is 3.99. The molecule has 5 heteroatoms. The van der Waals surface area contributed by atoms with Crippen molar-refractivity contribution in [2.45, 2.75) is 25.4 Å². The molecule has 4 nitrogen and oxygen atoms in total. The van der Waals surface area contributed by atoms with Gasteiger partial charge in [-0.3, -0.25) is 0 Å². The fraction of sp³-hybridized carbons (Fsp3) is 0.500. The van der Waals surface area contributed by atoms with Crippen LogP contribution in [0.4, 0.5) is 5.69 Å². The molecule has 0 spiro atoms. The topological polar surface area (TPSA) is 46.2 Å². The molecule has 0 saturated heterocycles. The summed E-state index contributed by atoms with van der Waals surface area (Å²) < 4.78 is 5.72. The number of nitrogens with one attached hydrogen (secondary N) is 2. The highest BCUT2D eigenvalue weighted by Crippen LogP contribution is 2.29. The molecule has 0 amide bonds. The van der Waals surface area contributed by atoms with E-state index in [1.807, 2.05) is 0 Å². The largest absolute Gasteiger partial charge is 0.473 e. The maximum atomic E-state index is 5.85. The zero-order chi connectivity index (χ0) is 10.7. The van der Waals surface area contributed by atoms with Crippen molar-refractivity contribution in [2.24, 2.45) is 0 Å². The molecule has 15 heavy (non-hydrogen) atoms. The predicted octanol–water partition coefficient (Wildman–Crippen LogP) is 2.21. The summed E-state index contributed by atoms with van der Waals surface area (Å²) >= 11 is 5.85. The molecule has 0 aromatic carbocycles. The number of aromatic nitrogens is 1. The fourth-order valence-electron chi connectivity index (χ4n) is 1.39. The number of hydrogen-bond acceptors (Lipinski definition) is 4. The monoisotopic (exact) mass is 227 g/mol.